The molecule has 3 aromatic rings. The third-order valence-electron chi connectivity index (χ3n) is 3.31. The molecule has 0 bridgehead atoms. The van der Waals surface area contributed by atoms with Gasteiger partial charge in [0.05, 0.1) is 18.9 Å². The molecule has 0 saturated carbocycles. The van der Waals surface area contributed by atoms with Crippen LogP contribution in [0.15, 0.2) is 41.8 Å². The van der Waals surface area contributed by atoms with Crippen LogP contribution in [-0.2, 0) is 13.0 Å². The molecule has 0 amide bonds. The quantitative estimate of drug-likeness (QED) is 0.760. The van der Waals surface area contributed by atoms with Crippen molar-refractivity contribution in [2.45, 2.75) is 20.0 Å². The molecule has 0 unspecified atom stereocenters. The van der Waals surface area contributed by atoms with Gasteiger partial charge in [0.25, 0.3) is 0 Å². The van der Waals surface area contributed by atoms with E-state index in [-0.39, 0.29) is 6.61 Å². The molecule has 1 N–H and O–H groups in total. The Kier molecular flexibility index (Phi) is 4.50. The number of aliphatic hydroxyl groups is 1. The van der Waals surface area contributed by atoms with Crippen LogP contribution in [-0.4, -0.2) is 26.7 Å². The summed E-state index contributed by atoms with van der Waals surface area (Å²) >= 11 is 1.68. The summed E-state index contributed by atoms with van der Waals surface area (Å²) in [7, 11) is 0. The summed E-state index contributed by atoms with van der Waals surface area (Å²) in [6, 6.07) is 11.8. The van der Waals surface area contributed by atoms with Crippen molar-refractivity contribution >= 4 is 11.3 Å². The topological polar surface area (TPSA) is 60.2 Å². The van der Waals surface area contributed by atoms with E-state index >= 15 is 0 Å². The molecule has 1 aromatic carbocycles. The number of thiophene rings is 1. The number of nitrogens with zero attached hydrogens (tertiary/aromatic N) is 3. The lowest BCUT2D eigenvalue weighted by Crippen LogP contribution is -2.07. The van der Waals surface area contributed by atoms with Gasteiger partial charge in [-0.1, -0.05) is 23.4 Å². The van der Waals surface area contributed by atoms with Gasteiger partial charge in [-0.05, 0) is 30.5 Å². The minimum Gasteiger partial charge on any atom is -0.492 e. The van der Waals surface area contributed by atoms with E-state index in [2.05, 4.69) is 16.4 Å². The molecular weight excluding hydrogens is 298 g/mol. The van der Waals surface area contributed by atoms with Crippen LogP contribution in [0.25, 0.3) is 5.69 Å². The van der Waals surface area contributed by atoms with Crippen molar-refractivity contribution in [1.82, 2.24) is 15.0 Å². The fourth-order valence-electron chi connectivity index (χ4n) is 2.31. The largest absolute Gasteiger partial charge is 0.492 e. The summed E-state index contributed by atoms with van der Waals surface area (Å²) in [6.07, 6.45) is 0.682. The summed E-state index contributed by atoms with van der Waals surface area (Å²) in [4.78, 5) is 1.20. The van der Waals surface area contributed by atoms with Crippen molar-refractivity contribution in [2.24, 2.45) is 0 Å². The molecular formula is C16H17N3O2S. The van der Waals surface area contributed by atoms with Crippen LogP contribution in [0.4, 0.5) is 0 Å². The van der Waals surface area contributed by atoms with Crippen LogP contribution >= 0.6 is 11.3 Å². The normalized spacial score (nSPS) is 10.8. The zero-order chi connectivity index (χ0) is 15.4. The number of rotatable bonds is 6. The highest BCUT2D eigenvalue weighted by atomic mass is 32.1. The first-order chi connectivity index (χ1) is 10.8. The summed E-state index contributed by atoms with van der Waals surface area (Å²) in [6.45, 7) is 2.40. The molecule has 0 spiro atoms. The van der Waals surface area contributed by atoms with Gasteiger partial charge in [0, 0.05) is 11.3 Å². The summed E-state index contributed by atoms with van der Waals surface area (Å²) in [5.41, 5.74) is 2.32. The molecule has 0 aliphatic heterocycles. The Bertz CT molecular complexity index is 738. The maximum absolute atomic E-state index is 9.54. The fourth-order valence-corrected chi connectivity index (χ4v) is 3.02. The number of benzene rings is 1. The van der Waals surface area contributed by atoms with Gasteiger partial charge in [0.1, 0.15) is 17.1 Å². The van der Waals surface area contributed by atoms with E-state index in [1.807, 2.05) is 42.6 Å². The molecule has 0 atom stereocenters. The van der Waals surface area contributed by atoms with Crippen LogP contribution in [0, 0.1) is 0 Å². The molecule has 0 fully saturated rings. The van der Waals surface area contributed by atoms with E-state index in [1.54, 1.807) is 16.0 Å². The van der Waals surface area contributed by atoms with Gasteiger partial charge in [-0.3, -0.25) is 0 Å². The number of hydrogen-bond donors (Lipinski definition) is 1. The Hall–Kier alpha value is -2.18. The molecule has 0 saturated heterocycles. The second-order valence-electron chi connectivity index (χ2n) is 4.71. The molecule has 2 aromatic heterocycles. The highest BCUT2D eigenvalue weighted by molar-refractivity contribution is 7.09. The molecule has 114 valence electrons. The van der Waals surface area contributed by atoms with Gasteiger partial charge >= 0.3 is 0 Å². The molecule has 0 radical (unpaired) electrons. The molecule has 3 rings (SSSR count). The molecule has 0 aliphatic carbocycles. The summed E-state index contributed by atoms with van der Waals surface area (Å²) in [5, 5.41) is 19.9. The Morgan fingerprint density at radius 3 is 2.82 bits per heavy atom. The number of para-hydroxylation sites is 2. The van der Waals surface area contributed by atoms with E-state index in [9.17, 15) is 5.11 Å². The number of aliphatic hydroxyl groups excluding tert-OH is 1. The van der Waals surface area contributed by atoms with Gasteiger partial charge in [-0.15, -0.1) is 16.4 Å². The average molecular weight is 315 g/mol. The lowest BCUT2D eigenvalue weighted by Gasteiger charge is -2.12. The third kappa shape index (κ3) is 2.88. The first-order valence-electron chi connectivity index (χ1n) is 7.12. The van der Waals surface area contributed by atoms with Crippen molar-refractivity contribution in [1.29, 1.82) is 0 Å². The number of aromatic nitrogens is 3. The lowest BCUT2D eigenvalue weighted by molar-refractivity contribution is 0.275. The van der Waals surface area contributed by atoms with Crippen LogP contribution < -0.4 is 4.74 Å². The minimum atomic E-state index is -0.127. The van der Waals surface area contributed by atoms with E-state index in [0.717, 1.165) is 17.1 Å². The SMILES string of the molecule is CCOc1ccccc1-n1nnc(CO)c1Cc1cccs1. The number of ether oxygens (including phenoxy) is 1. The number of hydrogen-bond acceptors (Lipinski definition) is 5. The van der Waals surface area contributed by atoms with E-state index in [1.165, 1.54) is 4.88 Å². The Morgan fingerprint density at radius 2 is 2.09 bits per heavy atom. The Balaban J connectivity index is 2.06. The van der Waals surface area contributed by atoms with Gasteiger partial charge < -0.3 is 9.84 Å². The fraction of sp³-hybridized carbons (Fsp3) is 0.250. The maximum atomic E-state index is 9.54. The molecule has 6 heteroatoms. The van der Waals surface area contributed by atoms with E-state index in [0.29, 0.717) is 18.7 Å². The Labute approximate surface area is 132 Å². The molecule has 0 aliphatic rings. The Morgan fingerprint density at radius 1 is 1.23 bits per heavy atom. The maximum Gasteiger partial charge on any atom is 0.145 e. The van der Waals surface area contributed by atoms with Crippen molar-refractivity contribution < 1.29 is 9.84 Å². The second-order valence-corrected chi connectivity index (χ2v) is 5.74. The van der Waals surface area contributed by atoms with Crippen LogP contribution in [0.1, 0.15) is 23.2 Å². The average Bonchev–Trinajstić information content (AvgIpc) is 3.18. The smallest absolute Gasteiger partial charge is 0.145 e. The minimum absolute atomic E-state index is 0.127. The van der Waals surface area contributed by atoms with Gasteiger partial charge in [0.15, 0.2) is 0 Å². The summed E-state index contributed by atoms with van der Waals surface area (Å²) in [5.74, 6) is 0.756. The molecule has 2 heterocycles. The van der Waals surface area contributed by atoms with Gasteiger partial charge in [-0.2, -0.15) is 0 Å². The van der Waals surface area contributed by atoms with Crippen LogP contribution in [0.5, 0.6) is 5.75 Å². The van der Waals surface area contributed by atoms with E-state index < -0.39 is 0 Å². The lowest BCUT2D eigenvalue weighted by atomic mass is 10.2. The third-order valence-corrected chi connectivity index (χ3v) is 4.18. The van der Waals surface area contributed by atoms with Crippen LogP contribution in [0.2, 0.25) is 0 Å². The molecule has 5 nitrogen and oxygen atoms in total. The predicted octanol–water partition coefficient (Wildman–Crippen LogP) is 2.81. The van der Waals surface area contributed by atoms with Crippen molar-refractivity contribution in [3.05, 3.63) is 58.0 Å². The van der Waals surface area contributed by atoms with E-state index in [4.69, 9.17) is 4.74 Å². The van der Waals surface area contributed by atoms with Crippen molar-refractivity contribution in [3.8, 4) is 11.4 Å². The van der Waals surface area contributed by atoms with Crippen LogP contribution in [0.3, 0.4) is 0 Å². The highest BCUT2D eigenvalue weighted by Gasteiger charge is 2.17. The zero-order valence-electron chi connectivity index (χ0n) is 12.3. The van der Waals surface area contributed by atoms with Gasteiger partial charge in [-0.25, -0.2) is 4.68 Å². The highest BCUT2D eigenvalue weighted by Crippen LogP contribution is 2.26. The first kappa shape index (κ1) is 14.7. The monoisotopic (exact) mass is 315 g/mol. The molecule has 22 heavy (non-hydrogen) atoms. The first-order valence-corrected chi connectivity index (χ1v) is 8.00. The van der Waals surface area contributed by atoms with Crippen molar-refractivity contribution in [2.75, 3.05) is 6.61 Å². The second kappa shape index (κ2) is 6.72. The van der Waals surface area contributed by atoms with Gasteiger partial charge in [0.2, 0.25) is 0 Å². The predicted molar refractivity (Wildman–Crippen MR) is 85.6 cm³/mol. The summed E-state index contributed by atoms with van der Waals surface area (Å²) < 4.78 is 7.44. The zero-order valence-corrected chi connectivity index (χ0v) is 13.1. The standard InChI is InChI=1S/C16H17N3O2S/c1-2-21-16-8-4-3-7-14(16)19-15(13(11-20)17-18-19)10-12-6-5-9-22-12/h3-9,20H,2,10-11H2,1H3. The van der Waals surface area contributed by atoms with Crippen molar-refractivity contribution in [3.63, 3.8) is 0 Å².